The molecule has 106 valence electrons. The van der Waals surface area contributed by atoms with Gasteiger partial charge in [-0.1, -0.05) is 30.3 Å². The van der Waals surface area contributed by atoms with Gasteiger partial charge in [0, 0.05) is 0 Å². The molecular weight excluding hydrogens is 256 g/mol. The Morgan fingerprint density at radius 3 is 2.55 bits per heavy atom. The maximum atomic E-state index is 11.0. The second kappa shape index (κ2) is 8.83. The van der Waals surface area contributed by atoms with Crippen molar-refractivity contribution in [2.24, 2.45) is 0 Å². The van der Waals surface area contributed by atoms with Crippen LogP contribution in [0.2, 0.25) is 0 Å². The Balaban J connectivity index is 0.000000200. The number of nitriles is 1. The van der Waals surface area contributed by atoms with Gasteiger partial charge in [0.05, 0.1) is 25.0 Å². The zero-order valence-corrected chi connectivity index (χ0v) is 11.2. The molecule has 20 heavy (non-hydrogen) atoms. The minimum Gasteiger partial charge on any atom is -0.481 e. The fourth-order valence-electron chi connectivity index (χ4n) is 1.93. The topological polar surface area (TPSA) is 90.2 Å². The van der Waals surface area contributed by atoms with Crippen LogP contribution in [0.15, 0.2) is 30.3 Å². The van der Waals surface area contributed by atoms with Crippen molar-refractivity contribution in [3.8, 4) is 6.07 Å². The maximum absolute atomic E-state index is 11.0. The van der Waals surface area contributed by atoms with Crippen molar-refractivity contribution in [3.05, 3.63) is 35.9 Å². The molecule has 5 heteroatoms. The molecule has 2 rings (SSSR count). The molecule has 1 atom stereocenters. The third-order valence-corrected chi connectivity index (χ3v) is 2.90. The summed E-state index contributed by atoms with van der Waals surface area (Å²) in [7, 11) is 0. The van der Waals surface area contributed by atoms with E-state index < -0.39 is 5.97 Å². The summed E-state index contributed by atoms with van der Waals surface area (Å²) in [5, 5.41) is 19.6. The Morgan fingerprint density at radius 2 is 2.05 bits per heavy atom. The summed E-state index contributed by atoms with van der Waals surface area (Å²) >= 11 is 0. The van der Waals surface area contributed by atoms with Crippen LogP contribution in [0.5, 0.6) is 0 Å². The fraction of sp³-hybridized carbons (Fsp3) is 0.400. The molecule has 0 saturated carbocycles. The molecule has 1 aliphatic rings. The highest BCUT2D eigenvalue weighted by Gasteiger charge is 2.20. The lowest BCUT2D eigenvalue weighted by molar-refractivity contribution is -0.136. The molecule has 1 aliphatic heterocycles. The van der Waals surface area contributed by atoms with Gasteiger partial charge in [0.25, 0.3) is 0 Å². The van der Waals surface area contributed by atoms with Crippen molar-refractivity contribution in [2.45, 2.75) is 31.7 Å². The monoisotopic (exact) mass is 274 g/mol. The van der Waals surface area contributed by atoms with Gasteiger partial charge in [0.15, 0.2) is 5.78 Å². The van der Waals surface area contributed by atoms with Crippen LogP contribution in [0.4, 0.5) is 0 Å². The van der Waals surface area contributed by atoms with E-state index in [0.717, 1.165) is 24.9 Å². The molecule has 1 heterocycles. The summed E-state index contributed by atoms with van der Waals surface area (Å²) in [4.78, 5) is 21.1. The summed E-state index contributed by atoms with van der Waals surface area (Å²) in [6.07, 6.45) is 2.13. The van der Waals surface area contributed by atoms with Crippen molar-refractivity contribution in [3.63, 3.8) is 0 Å². The first-order valence-corrected chi connectivity index (χ1v) is 6.52. The fourth-order valence-corrected chi connectivity index (χ4v) is 1.93. The van der Waals surface area contributed by atoms with Gasteiger partial charge in [-0.2, -0.15) is 5.26 Å². The van der Waals surface area contributed by atoms with Crippen molar-refractivity contribution in [1.82, 2.24) is 5.32 Å². The van der Waals surface area contributed by atoms with E-state index in [1.165, 1.54) is 0 Å². The van der Waals surface area contributed by atoms with Crippen LogP contribution in [0.25, 0.3) is 0 Å². The molecule has 0 spiro atoms. The Hall–Kier alpha value is -2.19. The minimum atomic E-state index is -0.786. The number of nitrogens with zero attached hydrogens (tertiary/aromatic N) is 1. The standard InChI is InChI=1S/C8H8O2.C7H10N2O/c9-8(10)6-7-4-2-1-3-5-7;8-4-3-7(10)6-2-1-5-9-6/h1-5H,6H2,(H,9,10);6,9H,1-3,5H2/t;6-/m.1/s1. The molecule has 0 radical (unpaired) electrons. The second-order valence-electron chi connectivity index (χ2n) is 4.51. The molecule has 0 aromatic heterocycles. The maximum Gasteiger partial charge on any atom is 0.307 e. The van der Waals surface area contributed by atoms with E-state index in [-0.39, 0.29) is 24.7 Å². The predicted octanol–water partition coefficient (Wildman–Crippen LogP) is 1.53. The zero-order valence-electron chi connectivity index (χ0n) is 11.2. The summed E-state index contributed by atoms with van der Waals surface area (Å²) < 4.78 is 0. The zero-order chi connectivity index (χ0) is 14.8. The molecule has 5 nitrogen and oxygen atoms in total. The number of carboxylic acid groups (broad SMARTS) is 1. The number of carbonyl (C=O) groups excluding carboxylic acids is 1. The van der Waals surface area contributed by atoms with Crippen molar-refractivity contribution in [2.75, 3.05) is 6.54 Å². The Labute approximate surface area is 118 Å². The summed E-state index contributed by atoms with van der Waals surface area (Å²) in [5.74, 6) is -0.744. The number of hydrogen-bond donors (Lipinski definition) is 2. The molecule has 1 fully saturated rings. The number of hydrogen-bond acceptors (Lipinski definition) is 4. The van der Waals surface area contributed by atoms with Gasteiger partial charge in [0.2, 0.25) is 0 Å². The van der Waals surface area contributed by atoms with Gasteiger partial charge in [-0.15, -0.1) is 0 Å². The van der Waals surface area contributed by atoms with Gasteiger partial charge in [-0.25, -0.2) is 0 Å². The SMILES string of the molecule is N#CCC(=O)[C@H]1CCCN1.O=C(O)Cc1ccccc1. The molecule has 2 N–H and O–H groups in total. The molecular formula is C15H18N2O3. The molecule has 0 unspecified atom stereocenters. The molecule has 0 bridgehead atoms. The number of Topliss-reactive ketones (excluding diaryl/α,β-unsaturated/α-hetero) is 1. The Bertz CT molecular complexity index is 474. The lowest BCUT2D eigenvalue weighted by atomic mass is 10.1. The van der Waals surface area contributed by atoms with E-state index >= 15 is 0 Å². The van der Waals surface area contributed by atoms with Crippen LogP contribution in [0.1, 0.15) is 24.8 Å². The molecule has 0 amide bonds. The molecule has 1 aromatic carbocycles. The highest BCUT2D eigenvalue weighted by atomic mass is 16.4. The van der Waals surface area contributed by atoms with Crippen molar-refractivity contribution < 1.29 is 14.7 Å². The Kier molecular flexibility index (Phi) is 7.01. The van der Waals surface area contributed by atoms with E-state index in [9.17, 15) is 9.59 Å². The van der Waals surface area contributed by atoms with Crippen LogP contribution in [0, 0.1) is 11.3 Å². The number of benzene rings is 1. The third kappa shape index (κ3) is 6.12. The van der Waals surface area contributed by atoms with Crippen LogP contribution in [-0.2, 0) is 16.0 Å². The van der Waals surface area contributed by atoms with E-state index in [4.69, 9.17) is 10.4 Å². The van der Waals surface area contributed by atoms with Gasteiger partial charge < -0.3 is 10.4 Å². The average molecular weight is 274 g/mol. The smallest absolute Gasteiger partial charge is 0.307 e. The lowest BCUT2D eigenvalue weighted by Crippen LogP contribution is -2.30. The third-order valence-electron chi connectivity index (χ3n) is 2.90. The van der Waals surface area contributed by atoms with Gasteiger partial charge >= 0.3 is 5.97 Å². The molecule has 0 aliphatic carbocycles. The number of nitrogens with one attached hydrogen (secondary N) is 1. The van der Waals surface area contributed by atoms with Crippen LogP contribution < -0.4 is 5.32 Å². The molecule has 1 saturated heterocycles. The highest BCUT2D eigenvalue weighted by molar-refractivity contribution is 5.85. The van der Waals surface area contributed by atoms with Crippen LogP contribution >= 0.6 is 0 Å². The second-order valence-corrected chi connectivity index (χ2v) is 4.51. The van der Waals surface area contributed by atoms with Crippen LogP contribution in [0.3, 0.4) is 0 Å². The number of aliphatic carboxylic acids is 1. The normalized spacial score (nSPS) is 16.6. The van der Waals surface area contributed by atoms with E-state index in [1.54, 1.807) is 12.1 Å². The summed E-state index contributed by atoms with van der Waals surface area (Å²) in [6.45, 7) is 0.918. The first-order chi connectivity index (χ1) is 9.63. The predicted molar refractivity (Wildman–Crippen MR) is 74.0 cm³/mol. The summed E-state index contributed by atoms with van der Waals surface area (Å²) in [5.41, 5.74) is 0.843. The minimum absolute atomic E-state index is 0.0281. The molecule has 1 aromatic rings. The van der Waals surface area contributed by atoms with Gasteiger partial charge in [-0.3, -0.25) is 9.59 Å². The first kappa shape index (κ1) is 15.9. The largest absolute Gasteiger partial charge is 0.481 e. The van der Waals surface area contributed by atoms with E-state index in [2.05, 4.69) is 5.32 Å². The Morgan fingerprint density at radius 1 is 1.35 bits per heavy atom. The van der Waals surface area contributed by atoms with Gasteiger partial charge in [-0.05, 0) is 24.9 Å². The van der Waals surface area contributed by atoms with E-state index in [0.29, 0.717) is 0 Å². The van der Waals surface area contributed by atoms with Crippen LogP contribution in [-0.4, -0.2) is 29.4 Å². The number of rotatable bonds is 4. The summed E-state index contributed by atoms with van der Waals surface area (Å²) in [6, 6.07) is 11.0. The van der Waals surface area contributed by atoms with Crippen molar-refractivity contribution in [1.29, 1.82) is 5.26 Å². The van der Waals surface area contributed by atoms with E-state index in [1.807, 2.05) is 24.3 Å². The quantitative estimate of drug-likeness (QED) is 0.869. The number of ketones is 1. The number of carbonyl (C=O) groups is 2. The highest BCUT2D eigenvalue weighted by Crippen LogP contribution is 2.06. The number of carboxylic acids is 1. The lowest BCUT2D eigenvalue weighted by Gasteiger charge is -2.03. The first-order valence-electron chi connectivity index (χ1n) is 6.52. The van der Waals surface area contributed by atoms with Gasteiger partial charge in [0.1, 0.15) is 0 Å². The average Bonchev–Trinajstić information content (AvgIpc) is 2.94. The van der Waals surface area contributed by atoms with Crippen molar-refractivity contribution >= 4 is 11.8 Å².